The van der Waals surface area contributed by atoms with E-state index in [1.807, 2.05) is 32.6 Å². The number of aldehydes is 1. The number of rotatable bonds is 6. The average molecular weight is 591 g/mol. The van der Waals surface area contributed by atoms with Crippen LogP contribution in [0.5, 0.6) is 0 Å². The van der Waals surface area contributed by atoms with Crippen molar-refractivity contribution < 1.29 is 14.0 Å². The van der Waals surface area contributed by atoms with E-state index >= 15 is 4.39 Å². The summed E-state index contributed by atoms with van der Waals surface area (Å²) >= 11 is 6.77. The van der Waals surface area contributed by atoms with Crippen LogP contribution < -0.4 is 10.6 Å². The third-order valence-electron chi connectivity index (χ3n) is 7.52. The van der Waals surface area contributed by atoms with Crippen molar-refractivity contribution >= 4 is 40.6 Å². The Morgan fingerprint density at radius 2 is 2.00 bits per heavy atom. The van der Waals surface area contributed by atoms with Crippen LogP contribution in [0.3, 0.4) is 0 Å². The third kappa shape index (κ3) is 4.96. The molecule has 11 heteroatoms. The fourth-order valence-electron chi connectivity index (χ4n) is 5.48. The van der Waals surface area contributed by atoms with E-state index in [0.717, 1.165) is 5.56 Å². The van der Waals surface area contributed by atoms with Crippen LogP contribution in [0.1, 0.15) is 48.3 Å². The molecule has 1 saturated heterocycles. The number of carbonyl (C=O) groups is 2. The van der Waals surface area contributed by atoms with Gasteiger partial charge in [-0.25, -0.2) is 18.7 Å². The summed E-state index contributed by atoms with van der Waals surface area (Å²) in [5, 5.41) is 0.546. The van der Waals surface area contributed by atoms with Crippen molar-refractivity contribution in [2.24, 2.45) is 0 Å². The van der Waals surface area contributed by atoms with Crippen molar-refractivity contribution in [1.29, 1.82) is 0 Å². The molecular weight excluding hydrogens is 561 g/mol. The van der Waals surface area contributed by atoms with Crippen molar-refractivity contribution in [3.05, 3.63) is 87.3 Å². The van der Waals surface area contributed by atoms with Gasteiger partial charge in [-0.2, -0.15) is 4.98 Å². The standard InChI is InChI=1S/C31H30ClFN6O3/c1-6-24(41)37-12-13-38(19(5)15-37)29-21-14-22(32)27(25-20(16-40)8-7-9-23(25)33)35-30(21)39(31(42)36-29)28-18(4)10-11-34-26(28)17(2)3/h6-11,14,16-17,19H,1,12-13,15H2,2-5H3/t19-/m0/s1/i41+2. The number of anilines is 1. The molecule has 42 heavy (non-hydrogen) atoms. The minimum Gasteiger partial charge on any atom is -0.350 e. The van der Waals surface area contributed by atoms with Crippen molar-refractivity contribution in [3.8, 4) is 16.9 Å². The quantitative estimate of drug-likeness (QED) is 0.175. The van der Waals surface area contributed by atoms with Crippen LogP contribution in [-0.2, 0) is 4.79 Å². The molecule has 1 aromatic carbocycles. The third-order valence-corrected chi connectivity index (χ3v) is 7.81. The molecule has 0 aliphatic carbocycles. The Hall–Kier alpha value is -4.44. The number of nitrogens with zero attached hydrogens (tertiary/aromatic N) is 6. The number of amides is 1. The molecule has 0 N–H and O–H groups in total. The molecule has 1 fully saturated rings. The molecule has 1 aliphatic rings. The Labute approximate surface area is 247 Å². The van der Waals surface area contributed by atoms with Crippen LogP contribution in [0.4, 0.5) is 10.2 Å². The monoisotopic (exact) mass is 590 g/mol. The van der Waals surface area contributed by atoms with Crippen LogP contribution in [0.25, 0.3) is 28.0 Å². The molecule has 1 aliphatic heterocycles. The van der Waals surface area contributed by atoms with Gasteiger partial charge >= 0.3 is 5.69 Å². The van der Waals surface area contributed by atoms with Gasteiger partial charge in [0.1, 0.15) is 11.6 Å². The molecule has 3 aromatic heterocycles. The molecule has 1 amide bonds. The zero-order valence-corrected chi connectivity index (χ0v) is 24.5. The second-order valence-electron chi connectivity index (χ2n) is 10.6. The highest BCUT2D eigenvalue weighted by Crippen LogP contribution is 2.37. The molecule has 5 rings (SSSR count). The lowest BCUT2D eigenvalue weighted by molar-refractivity contribution is -0.126. The van der Waals surface area contributed by atoms with Gasteiger partial charge in [-0.1, -0.05) is 44.2 Å². The maximum absolute atomic E-state index is 15.2. The number of hydrogen-bond acceptors (Lipinski definition) is 7. The van der Waals surface area contributed by atoms with E-state index in [2.05, 4.69) is 16.5 Å². The largest absolute Gasteiger partial charge is 0.355 e. The minimum absolute atomic E-state index is 0.0248. The predicted molar refractivity (Wildman–Crippen MR) is 161 cm³/mol. The number of benzene rings is 1. The Kier molecular flexibility index (Phi) is 7.92. The van der Waals surface area contributed by atoms with E-state index in [1.54, 1.807) is 23.2 Å². The van der Waals surface area contributed by atoms with Gasteiger partial charge in [-0.15, -0.1) is 0 Å². The van der Waals surface area contributed by atoms with Gasteiger partial charge in [0.25, 0.3) is 0 Å². The first kappa shape index (κ1) is 29.1. The maximum Gasteiger partial charge on any atom is 0.355 e. The summed E-state index contributed by atoms with van der Waals surface area (Å²) in [5.74, 6) is -0.541. The van der Waals surface area contributed by atoms with Gasteiger partial charge in [0.15, 0.2) is 11.9 Å². The van der Waals surface area contributed by atoms with Gasteiger partial charge in [0, 0.05) is 43.0 Å². The number of aromatic nitrogens is 4. The van der Waals surface area contributed by atoms with Gasteiger partial charge in [-0.05, 0) is 49.6 Å². The summed E-state index contributed by atoms with van der Waals surface area (Å²) in [5.41, 5.74) is 1.59. The van der Waals surface area contributed by atoms with E-state index in [9.17, 15) is 14.4 Å². The number of aryl methyl sites for hydroxylation is 1. The van der Waals surface area contributed by atoms with Crippen molar-refractivity contribution in [2.45, 2.75) is 39.7 Å². The molecule has 9 nitrogen and oxygen atoms in total. The van der Waals surface area contributed by atoms with E-state index < -0.39 is 11.5 Å². The predicted octanol–water partition coefficient (Wildman–Crippen LogP) is 5.10. The molecule has 0 saturated carbocycles. The SMILES string of the molecule is C=CC(=[18O])N1CCN(c2nc(=O)n(-c3c(C)ccnc3C(C)C)c3nc(-c4c(F)cccc4C=O)c(Cl)cc23)[C@@H](C)C1. The van der Waals surface area contributed by atoms with E-state index in [-0.39, 0.29) is 45.4 Å². The smallest absolute Gasteiger partial charge is 0.350 e. The summed E-state index contributed by atoms with van der Waals surface area (Å²) in [6.07, 6.45) is 3.50. The van der Waals surface area contributed by atoms with Crippen LogP contribution in [0.15, 0.2) is 54.0 Å². The summed E-state index contributed by atoms with van der Waals surface area (Å²) < 4.78 is 16.6. The Balaban J connectivity index is 1.85. The summed E-state index contributed by atoms with van der Waals surface area (Å²) in [6.45, 7) is 12.5. The Morgan fingerprint density at radius 1 is 1.24 bits per heavy atom. The second-order valence-corrected chi connectivity index (χ2v) is 11.0. The zero-order chi connectivity index (χ0) is 30.3. The molecule has 0 bridgehead atoms. The van der Waals surface area contributed by atoms with Crippen LogP contribution in [-0.4, -0.2) is 62.3 Å². The molecular formula is C31H30ClFN6O3. The maximum atomic E-state index is 15.2. The van der Waals surface area contributed by atoms with E-state index in [0.29, 0.717) is 48.5 Å². The van der Waals surface area contributed by atoms with Gasteiger partial charge in [0.2, 0.25) is 5.91 Å². The van der Waals surface area contributed by atoms with E-state index in [1.165, 1.54) is 28.8 Å². The highest BCUT2D eigenvalue weighted by Gasteiger charge is 2.30. The van der Waals surface area contributed by atoms with Gasteiger partial charge in [-0.3, -0.25) is 14.6 Å². The van der Waals surface area contributed by atoms with E-state index in [4.69, 9.17) is 16.6 Å². The second kappa shape index (κ2) is 11.4. The summed E-state index contributed by atoms with van der Waals surface area (Å²) in [6, 6.07) is 7.33. The molecule has 4 aromatic rings. The van der Waals surface area contributed by atoms with Crippen molar-refractivity contribution in [2.75, 3.05) is 24.5 Å². The number of fused-ring (bicyclic) bond motifs is 1. The average Bonchev–Trinajstić information content (AvgIpc) is 2.96. The van der Waals surface area contributed by atoms with Crippen LogP contribution in [0, 0.1) is 12.7 Å². The van der Waals surface area contributed by atoms with Crippen molar-refractivity contribution in [3.63, 3.8) is 0 Å². The lowest BCUT2D eigenvalue weighted by Crippen LogP contribution is -2.54. The number of carbonyl (C=O) groups excluding carboxylic acids is 2. The fraction of sp³-hybridized carbons (Fsp3) is 0.290. The molecule has 0 spiro atoms. The number of halogens is 2. The first-order valence-corrected chi connectivity index (χ1v) is 14.0. The first-order valence-electron chi connectivity index (χ1n) is 13.6. The summed E-state index contributed by atoms with van der Waals surface area (Å²) in [7, 11) is 0. The summed E-state index contributed by atoms with van der Waals surface area (Å²) in [4.78, 5) is 55.6. The molecule has 4 heterocycles. The molecule has 216 valence electrons. The van der Waals surface area contributed by atoms with Gasteiger partial charge < -0.3 is 9.80 Å². The topological polar surface area (TPSA) is 101 Å². The first-order chi connectivity index (χ1) is 20.1. The highest BCUT2D eigenvalue weighted by molar-refractivity contribution is 6.34. The lowest BCUT2D eigenvalue weighted by atomic mass is 10.0. The minimum atomic E-state index is -0.673. The molecule has 1 atom stereocenters. The zero-order valence-electron chi connectivity index (χ0n) is 23.8. The Morgan fingerprint density at radius 3 is 2.67 bits per heavy atom. The number of pyridine rings is 2. The van der Waals surface area contributed by atoms with Gasteiger partial charge in [0.05, 0.1) is 27.5 Å². The molecule has 0 unspecified atom stereocenters. The number of hydrogen-bond donors (Lipinski definition) is 0. The normalized spacial score (nSPS) is 15.4. The number of piperazine rings is 1. The highest BCUT2D eigenvalue weighted by atomic mass is 35.5. The lowest BCUT2D eigenvalue weighted by Gasteiger charge is -2.40. The molecule has 0 radical (unpaired) electrons. The van der Waals surface area contributed by atoms with Crippen LogP contribution in [0.2, 0.25) is 5.02 Å². The fourth-order valence-corrected chi connectivity index (χ4v) is 5.72. The Bertz CT molecular complexity index is 1800. The van der Waals surface area contributed by atoms with Crippen molar-refractivity contribution in [1.82, 2.24) is 24.4 Å². The van der Waals surface area contributed by atoms with Crippen LogP contribution >= 0.6 is 11.6 Å².